The van der Waals surface area contributed by atoms with Crippen LogP contribution in [0, 0.1) is 5.92 Å². The molecule has 23 heavy (non-hydrogen) atoms. The summed E-state index contributed by atoms with van der Waals surface area (Å²) in [4.78, 5) is 24.2. The van der Waals surface area contributed by atoms with Crippen LogP contribution < -0.4 is 10.6 Å². The molecule has 0 aliphatic heterocycles. The Morgan fingerprint density at radius 3 is 2.35 bits per heavy atom. The van der Waals surface area contributed by atoms with Crippen LogP contribution >= 0.6 is 23.2 Å². The van der Waals surface area contributed by atoms with Crippen molar-refractivity contribution < 1.29 is 14.3 Å². The highest BCUT2D eigenvalue weighted by Crippen LogP contribution is 2.25. The topological polar surface area (TPSA) is 67.4 Å². The molecule has 0 fully saturated rings. The van der Waals surface area contributed by atoms with Gasteiger partial charge in [-0.1, -0.05) is 37.0 Å². The van der Waals surface area contributed by atoms with Gasteiger partial charge in [0.1, 0.15) is 12.1 Å². The van der Waals surface area contributed by atoms with E-state index in [-0.39, 0.29) is 18.4 Å². The average Bonchev–Trinajstić information content (AvgIpc) is 2.48. The highest BCUT2D eigenvalue weighted by atomic mass is 35.5. The molecule has 7 heteroatoms. The zero-order chi connectivity index (χ0) is 17.6. The lowest BCUT2D eigenvalue weighted by Crippen LogP contribution is -2.49. The molecule has 2 atom stereocenters. The second kappa shape index (κ2) is 8.99. The lowest BCUT2D eigenvalue weighted by molar-refractivity contribution is -0.148. The monoisotopic (exact) mass is 360 g/mol. The summed E-state index contributed by atoms with van der Waals surface area (Å²) in [5.41, 5.74) is 0.666. The van der Waals surface area contributed by atoms with Crippen LogP contribution in [0.15, 0.2) is 18.2 Å². The number of halogens is 2. The molecule has 0 aromatic heterocycles. The smallest absolute Gasteiger partial charge is 0.328 e. The van der Waals surface area contributed by atoms with Gasteiger partial charge in [-0.2, -0.15) is 0 Å². The first-order valence-corrected chi connectivity index (χ1v) is 8.20. The Bertz CT molecular complexity index is 564. The van der Waals surface area contributed by atoms with Gasteiger partial charge in [0.25, 0.3) is 0 Å². The van der Waals surface area contributed by atoms with Crippen LogP contribution in [0.5, 0.6) is 0 Å². The minimum atomic E-state index is -0.680. The maximum absolute atomic E-state index is 12.3. The van der Waals surface area contributed by atoms with Gasteiger partial charge in [-0.15, -0.1) is 0 Å². The van der Waals surface area contributed by atoms with E-state index in [0.717, 1.165) is 0 Å². The molecule has 5 nitrogen and oxygen atoms in total. The lowest BCUT2D eigenvalue weighted by atomic mass is 10.0. The molecule has 0 aliphatic rings. The minimum absolute atomic E-state index is 0.0739. The number of benzene rings is 1. The summed E-state index contributed by atoms with van der Waals surface area (Å²) in [6.45, 7) is 7.39. The molecule has 1 rings (SSSR count). The zero-order valence-corrected chi connectivity index (χ0v) is 15.2. The van der Waals surface area contributed by atoms with Crippen molar-refractivity contribution >= 4 is 40.8 Å². The fourth-order valence-electron chi connectivity index (χ4n) is 1.91. The Balaban J connectivity index is 2.71. The molecule has 1 amide bonds. The summed E-state index contributed by atoms with van der Waals surface area (Å²) in [5, 5.41) is 6.57. The van der Waals surface area contributed by atoms with E-state index in [1.54, 1.807) is 32.0 Å². The molecule has 0 unspecified atom stereocenters. The zero-order valence-electron chi connectivity index (χ0n) is 13.7. The quantitative estimate of drug-likeness (QED) is 0.730. The highest BCUT2D eigenvalue weighted by molar-refractivity contribution is 6.42. The number of amides is 1. The summed E-state index contributed by atoms with van der Waals surface area (Å²) >= 11 is 11.8. The molecule has 1 aromatic rings. The second-order valence-electron chi connectivity index (χ2n) is 5.48. The Labute approximate surface area is 146 Å². The van der Waals surface area contributed by atoms with Crippen LogP contribution in [-0.4, -0.2) is 30.6 Å². The highest BCUT2D eigenvalue weighted by Gasteiger charge is 2.27. The number of anilines is 1. The van der Waals surface area contributed by atoms with E-state index >= 15 is 0 Å². The summed E-state index contributed by atoms with van der Waals surface area (Å²) in [7, 11) is 0. The fourth-order valence-corrected chi connectivity index (χ4v) is 2.21. The number of hydrogen-bond acceptors (Lipinski definition) is 4. The van der Waals surface area contributed by atoms with E-state index in [9.17, 15) is 9.59 Å². The standard InChI is InChI=1S/C16H22Cl2N2O3/c1-5-23-16(22)14(9(2)3)20-15(21)10(4)19-11-6-7-12(17)13(18)8-11/h6-10,14,19H,5H2,1-4H3,(H,20,21)/t10-,14-/m0/s1. The normalized spacial score (nSPS) is 13.3. The van der Waals surface area contributed by atoms with Crippen molar-refractivity contribution in [3.63, 3.8) is 0 Å². The van der Waals surface area contributed by atoms with Gasteiger partial charge in [-0.3, -0.25) is 4.79 Å². The number of nitrogens with one attached hydrogen (secondary N) is 2. The van der Waals surface area contributed by atoms with Crippen LogP contribution in [0.4, 0.5) is 5.69 Å². The molecule has 0 radical (unpaired) electrons. The summed E-state index contributed by atoms with van der Waals surface area (Å²) < 4.78 is 4.99. The van der Waals surface area contributed by atoms with E-state index in [2.05, 4.69) is 10.6 Å². The predicted octanol–water partition coefficient (Wildman–Crippen LogP) is 3.50. The molecular formula is C16H22Cl2N2O3. The van der Waals surface area contributed by atoms with Gasteiger partial charge >= 0.3 is 5.97 Å². The maximum atomic E-state index is 12.3. The number of ether oxygens (including phenoxy) is 1. The van der Waals surface area contributed by atoms with E-state index in [1.807, 2.05) is 13.8 Å². The maximum Gasteiger partial charge on any atom is 0.328 e. The van der Waals surface area contributed by atoms with Crippen molar-refractivity contribution in [2.45, 2.75) is 39.8 Å². The van der Waals surface area contributed by atoms with Crippen molar-refractivity contribution in [3.05, 3.63) is 28.2 Å². The van der Waals surface area contributed by atoms with E-state index in [1.165, 1.54) is 0 Å². The first kappa shape index (κ1) is 19.6. The van der Waals surface area contributed by atoms with E-state index in [4.69, 9.17) is 27.9 Å². The minimum Gasteiger partial charge on any atom is -0.464 e. The third-order valence-corrected chi connectivity index (χ3v) is 3.94. The molecule has 1 aromatic carbocycles. The Hall–Kier alpha value is -1.46. The van der Waals surface area contributed by atoms with E-state index in [0.29, 0.717) is 15.7 Å². The van der Waals surface area contributed by atoms with Crippen LogP contribution in [0.3, 0.4) is 0 Å². The second-order valence-corrected chi connectivity index (χ2v) is 6.29. The van der Waals surface area contributed by atoms with Gasteiger partial charge in [0.05, 0.1) is 16.7 Å². The molecule has 0 saturated heterocycles. The van der Waals surface area contributed by atoms with E-state index < -0.39 is 18.1 Å². The summed E-state index contributed by atoms with van der Waals surface area (Å²) in [6.07, 6.45) is 0. The fraction of sp³-hybridized carbons (Fsp3) is 0.500. The van der Waals surface area contributed by atoms with Crippen molar-refractivity contribution in [3.8, 4) is 0 Å². The van der Waals surface area contributed by atoms with Crippen molar-refractivity contribution in [1.82, 2.24) is 5.32 Å². The van der Waals surface area contributed by atoms with Gasteiger partial charge in [0.15, 0.2) is 0 Å². The van der Waals surface area contributed by atoms with Crippen LogP contribution in [-0.2, 0) is 14.3 Å². The Kier molecular flexibility index (Phi) is 7.65. The molecule has 0 aliphatic carbocycles. The average molecular weight is 361 g/mol. The molecule has 0 spiro atoms. The molecule has 128 valence electrons. The van der Waals surface area contributed by atoms with Gasteiger partial charge < -0.3 is 15.4 Å². The SMILES string of the molecule is CCOC(=O)[C@@H](NC(=O)[C@H](C)Nc1ccc(Cl)c(Cl)c1)C(C)C. The third-order valence-electron chi connectivity index (χ3n) is 3.20. The Morgan fingerprint density at radius 2 is 1.83 bits per heavy atom. The largest absolute Gasteiger partial charge is 0.464 e. The number of hydrogen-bond donors (Lipinski definition) is 2. The first-order chi connectivity index (χ1) is 10.8. The predicted molar refractivity (Wildman–Crippen MR) is 92.9 cm³/mol. The van der Waals surface area contributed by atoms with Crippen LogP contribution in [0.1, 0.15) is 27.7 Å². The van der Waals surface area contributed by atoms with Gasteiger partial charge in [-0.05, 0) is 38.0 Å². The molecule has 0 bridgehead atoms. The Morgan fingerprint density at radius 1 is 1.17 bits per heavy atom. The van der Waals surface area contributed by atoms with Crippen LogP contribution in [0.25, 0.3) is 0 Å². The molecule has 0 heterocycles. The third kappa shape index (κ3) is 5.92. The van der Waals surface area contributed by atoms with Gasteiger partial charge in [-0.25, -0.2) is 4.79 Å². The number of esters is 1. The summed E-state index contributed by atoms with van der Waals surface area (Å²) in [6, 6.07) is 3.78. The number of carbonyl (C=O) groups is 2. The summed E-state index contributed by atoms with van der Waals surface area (Å²) in [5.74, 6) is -0.810. The lowest BCUT2D eigenvalue weighted by Gasteiger charge is -2.23. The van der Waals surface area contributed by atoms with Crippen molar-refractivity contribution in [2.75, 3.05) is 11.9 Å². The molecule has 0 saturated carbocycles. The molecular weight excluding hydrogens is 339 g/mol. The first-order valence-electron chi connectivity index (χ1n) is 7.44. The van der Waals surface area contributed by atoms with Crippen LogP contribution in [0.2, 0.25) is 10.0 Å². The molecule has 2 N–H and O–H groups in total. The van der Waals surface area contributed by atoms with Crippen molar-refractivity contribution in [2.24, 2.45) is 5.92 Å². The van der Waals surface area contributed by atoms with Gasteiger partial charge in [0, 0.05) is 5.69 Å². The number of rotatable bonds is 7. The van der Waals surface area contributed by atoms with Gasteiger partial charge in [0.2, 0.25) is 5.91 Å². The van der Waals surface area contributed by atoms with Crippen molar-refractivity contribution in [1.29, 1.82) is 0 Å². The number of carbonyl (C=O) groups excluding carboxylic acids is 2.